The summed E-state index contributed by atoms with van der Waals surface area (Å²) in [5.74, 6) is -0.782. The van der Waals surface area contributed by atoms with E-state index in [1.54, 1.807) is 25.2 Å². The van der Waals surface area contributed by atoms with Crippen LogP contribution in [-0.4, -0.2) is 43.2 Å². The van der Waals surface area contributed by atoms with E-state index in [4.69, 9.17) is 9.47 Å². The van der Waals surface area contributed by atoms with E-state index in [1.165, 1.54) is 19.1 Å². The van der Waals surface area contributed by atoms with Crippen LogP contribution >= 0.6 is 0 Å². The Morgan fingerprint density at radius 1 is 1.25 bits per heavy atom. The van der Waals surface area contributed by atoms with Crippen LogP contribution in [0, 0.1) is 5.92 Å². The van der Waals surface area contributed by atoms with Crippen molar-refractivity contribution in [2.24, 2.45) is 5.92 Å². The largest absolute Gasteiger partial charge is 0.497 e. The van der Waals surface area contributed by atoms with Crippen molar-refractivity contribution >= 4 is 11.9 Å². The number of carboxylic acid groups (broad SMARTS) is 1. The smallest absolute Gasteiger partial charge is 0.309 e. The summed E-state index contributed by atoms with van der Waals surface area (Å²) >= 11 is 0. The van der Waals surface area contributed by atoms with Crippen molar-refractivity contribution in [1.82, 2.24) is 4.90 Å². The third-order valence-corrected chi connectivity index (χ3v) is 3.62. The summed E-state index contributed by atoms with van der Waals surface area (Å²) < 4.78 is 10.4. The maximum atomic E-state index is 11.8. The third-order valence-electron chi connectivity index (χ3n) is 3.62. The van der Waals surface area contributed by atoms with Gasteiger partial charge in [-0.3, -0.25) is 9.59 Å². The number of nitrogens with zero attached hydrogens (tertiary/aromatic N) is 1. The van der Waals surface area contributed by atoms with E-state index in [9.17, 15) is 14.7 Å². The summed E-state index contributed by atoms with van der Waals surface area (Å²) in [7, 11) is 4.66. The maximum Gasteiger partial charge on any atom is 0.309 e. The first kappa shape index (κ1) is 14.2. The van der Waals surface area contributed by atoms with Crippen LogP contribution in [0.5, 0.6) is 11.5 Å². The van der Waals surface area contributed by atoms with Gasteiger partial charge in [-0.15, -0.1) is 0 Å². The summed E-state index contributed by atoms with van der Waals surface area (Å²) in [6.07, 6.45) is 0.00995. The second-order valence-corrected chi connectivity index (χ2v) is 4.74. The first-order valence-corrected chi connectivity index (χ1v) is 6.19. The predicted molar refractivity (Wildman–Crippen MR) is 70.8 cm³/mol. The number of hydrogen-bond acceptors (Lipinski definition) is 4. The number of carboxylic acids is 1. The van der Waals surface area contributed by atoms with Crippen molar-refractivity contribution in [3.05, 3.63) is 23.8 Å². The Morgan fingerprint density at radius 2 is 1.80 bits per heavy atom. The fraction of sp³-hybridized carbons (Fsp3) is 0.429. The van der Waals surface area contributed by atoms with Crippen molar-refractivity contribution in [2.75, 3.05) is 21.3 Å². The van der Waals surface area contributed by atoms with Crippen LogP contribution in [-0.2, 0) is 9.59 Å². The molecule has 0 aromatic heterocycles. The van der Waals surface area contributed by atoms with Crippen LogP contribution in [0.1, 0.15) is 18.0 Å². The van der Waals surface area contributed by atoms with Crippen LogP contribution in [0.3, 0.4) is 0 Å². The summed E-state index contributed by atoms with van der Waals surface area (Å²) in [4.78, 5) is 24.6. The van der Waals surface area contributed by atoms with Crippen LogP contribution in [0.2, 0.25) is 0 Å². The van der Waals surface area contributed by atoms with Crippen LogP contribution < -0.4 is 9.47 Å². The average molecular weight is 279 g/mol. The highest BCUT2D eigenvalue weighted by Crippen LogP contribution is 2.39. The minimum absolute atomic E-state index is 0.00995. The van der Waals surface area contributed by atoms with Gasteiger partial charge in [0, 0.05) is 19.5 Å². The molecular weight excluding hydrogens is 262 g/mol. The molecule has 2 rings (SSSR count). The zero-order chi connectivity index (χ0) is 14.9. The molecule has 1 saturated heterocycles. The number of amides is 1. The first-order chi connectivity index (χ1) is 9.47. The number of rotatable bonds is 4. The Labute approximate surface area is 116 Å². The van der Waals surface area contributed by atoms with Gasteiger partial charge in [0.2, 0.25) is 5.91 Å². The highest BCUT2D eigenvalue weighted by molar-refractivity contribution is 5.87. The Balaban J connectivity index is 2.47. The second-order valence-electron chi connectivity index (χ2n) is 4.74. The molecule has 6 nitrogen and oxygen atoms in total. The molecule has 1 aliphatic heterocycles. The third kappa shape index (κ3) is 2.41. The predicted octanol–water partition coefficient (Wildman–Crippen LogP) is 1.31. The van der Waals surface area contributed by atoms with Crippen molar-refractivity contribution in [3.63, 3.8) is 0 Å². The molecule has 0 unspecified atom stereocenters. The number of likely N-dealkylation sites (tertiary alicyclic amines) is 1. The molecule has 1 amide bonds. The molecule has 1 heterocycles. The summed E-state index contributed by atoms with van der Waals surface area (Å²) in [6.45, 7) is 0. The SMILES string of the molecule is COc1cc(OC)cc([C@H]2[C@H](C(=O)O)CC(=O)N2C)c1. The molecule has 0 bridgehead atoms. The number of hydrogen-bond donors (Lipinski definition) is 1. The molecule has 0 radical (unpaired) electrons. The van der Waals surface area contributed by atoms with E-state index < -0.39 is 17.9 Å². The summed E-state index contributed by atoms with van der Waals surface area (Å²) in [5, 5.41) is 9.29. The Morgan fingerprint density at radius 3 is 2.25 bits per heavy atom. The molecule has 1 aromatic carbocycles. The molecule has 6 heteroatoms. The van der Waals surface area contributed by atoms with Crippen molar-refractivity contribution in [1.29, 1.82) is 0 Å². The minimum Gasteiger partial charge on any atom is -0.497 e. The van der Waals surface area contributed by atoms with Gasteiger partial charge in [-0.2, -0.15) is 0 Å². The molecular formula is C14H17NO5. The Hall–Kier alpha value is -2.24. The van der Waals surface area contributed by atoms with Gasteiger partial charge >= 0.3 is 5.97 Å². The van der Waals surface area contributed by atoms with Crippen LogP contribution in [0.4, 0.5) is 0 Å². The molecule has 2 atom stereocenters. The van der Waals surface area contributed by atoms with Gasteiger partial charge in [0.25, 0.3) is 0 Å². The number of benzene rings is 1. The van der Waals surface area contributed by atoms with Gasteiger partial charge in [-0.1, -0.05) is 0 Å². The zero-order valence-corrected chi connectivity index (χ0v) is 11.6. The van der Waals surface area contributed by atoms with E-state index in [0.29, 0.717) is 17.1 Å². The molecule has 1 aromatic rings. The normalized spacial score (nSPS) is 21.9. The lowest BCUT2D eigenvalue weighted by atomic mass is 9.93. The lowest BCUT2D eigenvalue weighted by Gasteiger charge is -2.24. The molecule has 0 spiro atoms. The van der Waals surface area contributed by atoms with Crippen LogP contribution in [0.15, 0.2) is 18.2 Å². The monoisotopic (exact) mass is 279 g/mol. The fourth-order valence-electron chi connectivity index (χ4n) is 2.55. The quantitative estimate of drug-likeness (QED) is 0.899. The number of methoxy groups -OCH3 is 2. The maximum absolute atomic E-state index is 11.8. The molecule has 1 fully saturated rings. The van der Waals surface area contributed by atoms with E-state index in [-0.39, 0.29) is 12.3 Å². The van der Waals surface area contributed by atoms with Gasteiger partial charge < -0.3 is 19.5 Å². The van der Waals surface area contributed by atoms with Gasteiger partial charge in [0.05, 0.1) is 26.2 Å². The van der Waals surface area contributed by atoms with E-state index in [0.717, 1.165) is 0 Å². The number of carbonyl (C=O) groups is 2. The lowest BCUT2D eigenvalue weighted by molar-refractivity contribution is -0.142. The molecule has 108 valence electrons. The van der Waals surface area contributed by atoms with Crippen LogP contribution in [0.25, 0.3) is 0 Å². The topological polar surface area (TPSA) is 76.1 Å². The minimum atomic E-state index is -0.977. The fourth-order valence-corrected chi connectivity index (χ4v) is 2.55. The standard InChI is InChI=1S/C14H17NO5/c1-15-12(16)7-11(14(17)18)13(15)8-4-9(19-2)6-10(5-8)20-3/h4-6,11,13H,7H2,1-3H3,(H,17,18)/t11-,13+/m1/s1. The van der Waals surface area contributed by atoms with E-state index in [1.807, 2.05) is 0 Å². The number of ether oxygens (including phenoxy) is 2. The van der Waals surface area contributed by atoms with Crippen molar-refractivity contribution < 1.29 is 24.2 Å². The molecule has 1 N–H and O–H groups in total. The zero-order valence-electron chi connectivity index (χ0n) is 11.6. The van der Waals surface area contributed by atoms with E-state index >= 15 is 0 Å². The second kappa shape index (κ2) is 5.40. The molecule has 0 saturated carbocycles. The van der Waals surface area contributed by atoms with Gasteiger partial charge in [0.15, 0.2) is 0 Å². The van der Waals surface area contributed by atoms with Crippen molar-refractivity contribution in [3.8, 4) is 11.5 Å². The summed E-state index contributed by atoms with van der Waals surface area (Å²) in [5.41, 5.74) is 0.696. The summed E-state index contributed by atoms with van der Waals surface area (Å²) in [6, 6.07) is 4.66. The van der Waals surface area contributed by atoms with E-state index in [2.05, 4.69) is 0 Å². The molecule has 1 aliphatic rings. The molecule has 0 aliphatic carbocycles. The first-order valence-electron chi connectivity index (χ1n) is 6.19. The van der Waals surface area contributed by atoms with Gasteiger partial charge in [-0.25, -0.2) is 0 Å². The molecule has 20 heavy (non-hydrogen) atoms. The number of carbonyl (C=O) groups excluding carboxylic acids is 1. The average Bonchev–Trinajstić information content (AvgIpc) is 2.74. The Kier molecular flexibility index (Phi) is 3.83. The van der Waals surface area contributed by atoms with Gasteiger partial charge in [0.1, 0.15) is 11.5 Å². The van der Waals surface area contributed by atoms with Gasteiger partial charge in [-0.05, 0) is 17.7 Å². The van der Waals surface area contributed by atoms with Crippen molar-refractivity contribution in [2.45, 2.75) is 12.5 Å². The Bertz CT molecular complexity index is 520. The highest BCUT2D eigenvalue weighted by Gasteiger charge is 2.43. The number of aliphatic carboxylic acids is 1. The highest BCUT2D eigenvalue weighted by atomic mass is 16.5. The lowest BCUT2D eigenvalue weighted by Crippen LogP contribution is -2.26.